The largest absolute Gasteiger partial charge is 0.418 e. The fourth-order valence-corrected chi connectivity index (χ4v) is 5.43. The molecule has 33 heavy (non-hydrogen) atoms. The molecule has 0 fully saturated rings. The molecule has 168 valence electrons. The Labute approximate surface area is 202 Å². The molecule has 4 aromatic rings. The minimum Gasteiger partial charge on any atom is -0.418 e. The summed E-state index contributed by atoms with van der Waals surface area (Å²) in [5.41, 5.74) is 3.20. The summed E-state index contributed by atoms with van der Waals surface area (Å²) in [4.78, 5) is 32.3. The summed E-state index contributed by atoms with van der Waals surface area (Å²) in [7, 11) is 0. The van der Waals surface area contributed by atoms with E-state index in [1.165, 1.54) is 22.4 Å². The van der Waals surface area contributed by atoms with Gasteiger partial charge in [-0.1, -0.05) is 0 Å². The summed E-state index contributed by atoms with van der Waals surface area (Å²) < 4.78 is 30.2. The van der Waals surface area contributed by atoms with E-state index in [4.69, 9.17) is 20.5 Å². The second-order valence-corrected chi connectivity index (χ2v) is 9.46. The lowest BCUT2D eigenvalue weighted by Crippen LogP contribution is -2.34. The third kappa shape index (κ3) is 3.54. The van der Waals surface area contributed by atoms with E-state index in [9.17, 15) is 4.79 Å². The lowest BCUT2D eigenvalue weighted by atomic mass is 10.1. The first-order valence-corrected chi connectivity index (χ1v) is 11.6. The van der Waals surface area contributed by atoms with Crippen molar-refractivity contribution in [2.24, 2.45) is 0 Å². The lowest BCUT2D eigenvalue weighted by Gasteiger charge is -2.25. The van der Waals surface area contributed by atoms with Crippen LogP contribution in [0.3, 0.4) is 0 Å². The first-order chi connectivity index (χ1) is 17.2. The van der Waals surface area contributed by atoms with Crippen LogP contribution in [-0.2, 0) is 13.0 Å². The number of likely N-dealkylation sites (N-methyl/N-ethyl adjacent to an activating group) is 1. The average molecular weight is 485 g/mol. The smallest absolute Gasteiger partial charge is 0.263 e. The summed E-state index contributed by atoms with van der Waals surface area (Å²) in [5, 5.41) is 7.21. The molecular formula is C22H20ClN7O2S. The van der Waals surface area contributed by atoms with Crippen LogP contribution in [0.5, 0.6) is 11.8 Å². The van der Waals surface area contributed by atoms with Gasteiger partial charge < -0.3 is 20.3 Å². The highest BCUT2D eigenvalue weighted by molar-refractivity contribution is 7.21. The van der Waals surface area contributed by atoms with Crippen LogP contribution in [0, 0.1) is 0 Å². The van der Waals surface area contributed by atoms with Gasteiger partial charge in [-0.2, -0.15) is 4.98 Å². The van der Waals surface area contributed by atoms with Crippen LogP contribution in [0.15, 0.2) is 18.3 Å². The Hall–Kier alpha value is -3.08. The van der Waals surface area contributed by atoms with E-state index >= 15 is 0 Å². The number of halogens is 1. The van der Waals surface area contributed by atoms with E-state index in [-0.39, 0.29) is 35.5 Å². The van der Waals surface area contributed by atoms with Gasteiger partial charge in [-0.25, -0.2) is 15.0 Å². The lowest BCUT2D eigenvalue weighted by molar-refractivity contribution is 0.0949. The molecule has 1 amide bonds. The molecule has 0 bridgehead atoms. The minimum absolute atomic E-state index is 0.0000616. The molecule has 5 heterocycles. The number of fused-ring (bicyclic) bond motifs is 6. The van der Waals surface area contributed by atoms with Crippen molar-refractivity contribution in [3.05, 3.63) is 39.7 Å². The summed E-state index contributed by atoms with van der Waals surface area (Å²) >= 11 is 7.53. The summed E-state index contributed by atoms with van der Waals surface area (Å²) in [6.45, 7) is 0.734. The van der Waals surface area contributed by atoms with Crippen LogP contribution in [-0.4, -0.2) is 56.9 Å². The van der Waals surface area contributed by atoms with Crippen molar-refractivity contribution in [1.29, 1.82) is 0 Å². The van der Waals surface area contributed by atoms with Crippen molar-refractivity contribution in [1.82, 2.24) is 30.2 Å². The van der Waals surface area contributed by atoms with E-state index in [0.717, 1.165) is 15.8 Å². The third-order valence-corrected chi connectivity index (χ3v) is 7.03. The zero-order valence-electron chi connectivity index (χ0n) is 20.5. The molecular weight excluding hydrogens is 462 g/mol. The van der Waals surface area contributed by atoms with Crippen molar-refractivity contribution in [2.75, 3.05) is 25.4 Å². The van der Waals surface area contributed by atoms with Crippen molar-refractivity contribution < 1.29 is 13.6 Å². The number of hydrogen-bond donors (Lipinski definition) is 2. The second-order valence-electron chi connectivity index (χ2n) is 8.07. The molecule has 6 rings (SSSR count). The first kappa shape index (κ1) is 17.4. The van der Waals surface area contributed by atoms with E-state index in [0.29, 0.717) is 46.7 Å². The average Bonchev–Trinajstić information content (AvgIpc) is 3.14. The second kappa shape index (κ2) is 7.75. The monoisotopic (exact) mass is 484 g/mol. The Morgan fingerprint density at radius 3 is 3.12 bits per heavy atom. The number of nitrogens with zero attached hydrogens (tertiary/aromatic N) is 5. The van der Waals surface area contributed by atoms with Gasteiger partial charge in [0.1, 0.15) is 4.88 Å². The predicted octanol–water partition coefficient (Wildman–Crippen LogP) is 3.61. The number of aromatic nitrogens is 4. The third-order valence-electron chi connectivity index (χ3n) is 5.71. The van der Waals surface area contributed by atoms with Gasteiger partial charge in [-0.3, -0.25) is 4.79 Å². The number of carbonyl (C=O) groups excluding carboxylic acids is 1. The maximum atomic E-state index is 12.7. The molecule has 2 aliphatic heterocycles. The minimum atomic E-state index is -2.25. The number of benzene rings is 1. The zero-order valence-corrected chi connectivity index (χ0v) is 19.0. The van der Waals surface area contributed by atoms with Gasteiger partial charge in [0.05, 0.1) is 34.2 Å². The van der Waals surface area contributed by atoms with Gasteiger partial charge >= 0.3 is 0 Å². The maximum absolute atomic E-state index is 12.7. The molecule has 0 saturated carbocycles. The molecule has 1 unspecified atom stereocenters. The quantitative estimate of drug-likeness (QED) is 0.416. The van der Waals surface area contributed by atoms with Gasteiger partial charge in [0.15, 0.2) is 0 Å². The SMILES string of the molecule is [2H]C([2H])([2H])N1CCc2nc(Cl)nc(Oc3cnc4c(ccc5sc6c(c54)NCC(C)NC6=O)n3)c2C1. The highest BCUT2D eigenvalue weighted by Crippen LogP contribution is 2.40. The Balaban J connectivity index is 1.39. The van der Waals surface area contributed by atoms with Crippen molar-refractivity contribution >= 4 is 55.7 Å². The van der Waals surface area contributed by atoms with Crippen LogP contribution >= 0.6 is 22.9 Å². The molecule has 11 heteroatoms. The normalized spacial score (nSPS) is 20.1. The number of anilines is 1. The number of nitrogens with one attached hydrogen (secondary N) is 2. The number of ether oxygens (including phenoxy) is 1. The van der Waals surface area contributed by atoms with Crippen molar-refractivity contribution in [3.8, 4) is 11.8 Å². The maximum Gasteiger partial charge on any atom is 0.263 e. The highest BCUT2D eigenvalue weighted by atomic mass is 35.5. The molecule has 0 spiro atoms. The molecule has 1 aromatic carbocycles. The number of thiophene rings is 1. The standard InChI is InChI=1S/C22H20ClN7O2S/c1-10-7-24-18-16-14(33-19(18)20(31)26-10)4-3-13-17(16)25-8-15(27-13)32-21-11-9-30(2)6-5-12(11)28-22(23)29-21/h3-4,8,10,24H,5-7,9H2,1-2H3,(H,26,31)/i2D3. The van der Waals surface area contributed by atoms with Gasteiger partial charge in [-0.05, 0) is 37.6 Å². The van der Waals surface area contributed by atoms with Gasteiger partial charge in [0.2, 0.25) is 17.0 Å². The van der Waals surface area contributed by atoms with Crippen LogP contribution in [0.4, 0.5) is 5.69 Å². The van der Waals surface area contributed by atoms with Crippen LogP contribution in [0.1, 0.15) is 32.0 Å². The number of rotatable bonds is 2. The number of amides is 1. The topological polar surface area (TPSA) is 105 Å². The molecule has 0 aliphatic carbocycles. The fraction of sp³-hybridized carbons (Fsp3) is 0.318. The fourth-order valence-electron chi connectivity index (χ4n) is 4.16. The Bertz CT molecular complexity index is 1540. The van der Waals surface area contributed by atoms with Crippen molar-refractivity contribution in [3.63, 3.8) is 0 Å². The van der Waals surface area contributed by atoms with E-state index in [1.807, 2.05) is 19.1 Å². The molecule has 9 nitrogen and oxygen atoms in total. The summed E-state index contributed by atoms with van der Waals surface area (Å²) in [6, 6.07) is 3.73. The van der Waals surface area contributed by atoms with Crippen LogP contribution < -0.4 is 15.4 Å². The first-order valence-electron chi connectivity index (χ1n) is 11.9. The van der Waals surface area contributed by atoms with Crippen LogP contribution in [0.25, 0.3) is 21.1 Å². The molecule has 0 radical (unpaired) electrons. The molecule has 1 atom stereocenters. The van der Waals surface area contributed by atoms with Gasteiger partial charge in [0.25, 0.3) is 5.91 Å². The van der Waals surface area contributed by atoms with Crippen molar-refractivity contribution in [2.45, 2.75) is 25.9 Å². The Morgan fingerprint density at radius 1 is 1.33 bits per heavy atom. The molecule has 2 aliphatic rings. The molecule has 3 aromatic heterocycles. The molecule has 0 saturated heterocycles. The number of hydrogen-bond acceptors (Lipinski definition) is 9. The Morgan fingerprint density at radius 2 is 2.24 bits per heavy atom. The summed E-state index contributed by atoms with van der Waals surface area (Å²) in [5.74, 6) is 0.233. The zero-order chi connectivity index (χ0) is 25.2. The predicted molar refractivity (Wildman–Crippen MR) is 127 cm³/mol. The Kier molecular flexibility index (Phi) is 4.09. The van der Waals surface area contributed by atoms with E-state index < -0.39 is 6.98 Å². The van der Waals surface area contributed by atoms with Crippen LogP contribution in [0.2, 0.25) is 5.28 Å². The highest BCUT2D eigenvalue weighted by Gasteiger charge is 2.26. The van der Waals surface area contributed by atoms with Gasteiger partial charge in [-0.15, -0.1) is 11.3 Å². The van der Waals surface area contributed by atoms with E-state index in [1.54, 1.807) is 0 Å². The number of carbonyl (C=O) groups is 1. The molecule has 2 N–H and O–H groups in total. The summed E-state index contributed by atoms with van der Waals surface area (Å²) in [6.07, 6.45) is 1.90. The van der Waals surface area contributed by atoms with E-state index in [2.05, 4.69) is 30.6 Å². The van der Waals surface area contributed by atoms with Gasteiger partial charge in [0, 0.05) is 46.3 Å².